The molecule has 0 aliphatic heterocycles. The van der Waals surface area contributed by atoms with E-state index in [4.69, 9.17) is 4.43 Å². The van der Waals surface area contributed by atoms with Crippen LogP contribution in [0.15, 0.2) is 11.3 Å². The van der Waals surface area contributed by atoms with Gasteiger partial charge >= 0.3 is 0 Å². The fraction of sp³-hybridized carbons (Fsp3) is 0.833. The van der Waals surface area contributed by atoms with Gasteiger partial charge in [0, 0.05) is 5.60 Å². The Balaban J connectivity index is 4.26. The van der Waals surface area contributed by atoms with Gasteiger partial charge < -0.3 is 4.43 Å². The van der Waals surface area contributed by atoms with Crippen molar-refractivity contribution in [2.24, 2.45) is 11.8 Å². The molecule has 14 heavy (non-hydrogen) atoms. The van der Waals surface area contributed by atoms with Crippen molar-refractivity contribution in [3.8, 4) is 0 Å². The number of hydrogen-bond acceptors (Lipinski definition) is 1. The van der Waals surface area contributed by atoms with Crippen molar-refractivity contribution in [1.82, 2.24) is 0 Å². The van der Waals surface area contributed by atoms with Crippen LogP contribution in [0.4, 0.5) is 0 Å². The van der Waals surface area contributed by atoms with E-state index in [1.54, 1.807) is 5.20 Å². The molecule has 0 radical (unpaired) electrons. The van der Waals surface area contributed by atoms with Gasteiger partial charge in [0.25, 0.3) is 0 Å². The molecule has 0 heterocycles. The summed E-state index contributed by atoms with van der Waals surface area (Å²) in [5, 5.41) is 1.55. The Morgan fingerprint density at radius 3 is 1.93 bits per heavy atom. The van der Waals surface area contributed by atoms with Crippen molar-refractivity contribution in [3.05, 3.63) is 11.3 Å². The fourth-order valence-electron chi connectivity index (χ4n) is 1.14. The van der Waals surface area contributed by atoms with Crippen LogP contribution in [0.2, 0.25) is 0 Å². The number of rotatable bonds is 4. The maximum Gasteiger partial charge on any atom is 0.188 e. The lowest BCUT2D eigenvalue weighted by Crippen LogP contribution is -2.24. The van der Waals surface area contributed by atoms with E-state index < -0.39 is 9.76 Å². The third kappa shape index (κ3) is 7.33. The van der Waals surface area contributed by atoms with E-state index in [2.05, 4.69) is 54.5 Å². The van der Waals surface area contributed by atoms with E-state index in [-0.39, 0.29) is 5.60 Å². The molecule has 0 aromatic rings. The van der Waals surface area contributed by atoms with Gasteiger partial charge in [-0.1, -0.05) is 39.0 Å². The van der Waals surface area contributed by atoms with Crippen LogP contribution >= 0.6 is 0 Å². The largest absolute Gasteiger partial charge is 0.414 e. The first-order chi connectivity index (χ1) is 6.22. The highest BCUT2D eigenvalue weighted by molar-refractivity contribution is 6.38. The molecule has 0 aromatic carbocycles. The monoisotopic (exact) mass is 214 g/mol. The Labute approximate surface area is 91.9 Å². The third-order valence-corrected chi connectivity index (χ3v) is 4.36. The molecule has 0 bridgehead atoms. The van der Waals surface area contributed by atoms with E-state index in [1.165, 1.54) is 0 Å². The van der Waals surface area contributed by atoms with Crippen LogP contribution in [-0.4, -0.2) is 15.4 Å². The molecule has 0 saturated carbocycles. The zero-order valence-electron chi connectivity index (χ0n) is 10.8. The average Bonchev–Trinajstić information content (AvgIpc) is 1.94. The van der Waals surface area contributed by atoms with Crippen molar-refractivity contribution in [3.63, 3.8) is 0 Å². The van der Waals surface area contributed by atoms with Gasteiger partial charge in [-0.3, -0.25) is 0 Å². The molecule has 0 spiro atoms. The normalized spacial score (nSPS) is 15.1. The van der Waals surface area contributed by atoms with Crippen LogP contribution in [0.25, 0.3) is 0 Å². The summed E-state index contributed by atoms with van der Waals surface area (Å²) in [7, 11) is -0.508. The zero-order valence-corrected chi connectivity index (χ0v) is 12.3. The van der Waals surface area contributed by atoms with E-state index >= 15 is 0 Å². The summed E-state index contributed by atoms with van der Waals surface area (Å²) in [4.78, 5) is 0. The molecule has 0 amide bonds. The third-order valence-electron chi connectivity index (χ3n) is 1.96. The minimum Gasteiger partial charge on any atom is -0.414 e. The van der Waals surface area contributed by atoms with Gasteiger partial charge in [-0.2, -0.15) is 0 Å². The van der Waals surface area contributed by atoms with E-state index in [9.17, 15) is 0 Å². The van der Waals surface area contributed by atoms with Gasteiger partial charge in [0.1, 0.15) is 0 Å². The van der Waals surface area contributed by atoms with Gasteiger partial charge in [0.15, 0.2) is 9.76 Å². The Morgan fingerprint density at radius 2 is 1.64 bits per heavy atom. The van der Waals surface area contributed by atoms with E-state index in [0.717, 1.165) is 0 Å². The Morgan fingerprint density at radius 1 is 1.14 bits per heavy atom. The second-order valence-corrected chi connectivity index (χ2v) is 6.94. The van der Waals surface area contributed by atoms with Crippen molar-refractivity contribution in [1.29, 1.82) is 0 Å². The first-order valence-corrected chi connectivity index (χ1v) is 6.85. The Kier molecular flexibility index (Phi) is 5.68. The molecule has 0 saturated heterocycles. The molecule has 0 unspecified atom stereocenters. The summed E-state index contributed by atoms with van der Waals surface area (Å²) in [6.07, 6.45) is 2.38. The molecular formula is C12H26OSi. The first-order valence-electron chi connectivity index (χ1n) is 5.57. The fourth-order valence-corrected chi connectivity index (χ4v) is 2.64. The molecule has 0 rings (SSSR count). The predicted molar refractivity (Wildman–Crippen MR) is 67.1 cm³/mol. The minimum absolute atomic E-state index is 0.0250. The predicted octanol–water partition coefficient (Wildman–Crippen LogP) is 3.08. The van der Waals surface area contributed by atoms with Crippen LogP contribution < -0.4 is 0 Å². The summed E-state index contributed by atoms with van der Waals surface area (Å²) >= 11 is 0. The number of hydrogen-bond donors (Lipinski definition) is 0. The highest BCUT2D eigenvalue weighted by atomic mass is 28.2. The standard InChI is InChI=1S/C12H26OSi/c1-9(2)8-11(10(3)4)14-13-12(5,6)7/h8-10H,14H2,1-7H3. The highest BCUT2D eigenvalue weighted by Crippen LogP contribution is 2.15. The van der Waals surface area contributed by atoms with Crippen molar-refractivity contribution < 1.29 is 4.43 Å². The minimum atomic E-state index is -0.508. The molecule has 84 valence electrons. The molecule has 0 aliphatic rings. The van der Waals surface area contributed by atoms with Crippen LogP contribution in [0.5, 0.6) is 0 Å². The summed E-state index contributed by atoms with van der Waals surface area (Å²) in [5.41, 5.74) is 0.0250. The Hall–Kier alpha value is -0.0831. The summed E-state index contributed by atoms with van der Waals surface area (Å²) in [5.74, 6) is 1.29. The summed E-state index contributed by atoms with van der Waals surface area (Å²) < 4.78 is 5.92. The second kappa shape index (κ2) is 5.71. The topological polar surface area (TPSA) is 9.23 Å². The lowest BCUT2D eigenvalue weighted by atomic mass is 10.1. The highest BCUT2D eigenvalue weighted by Gasteiger charge is 2.13. The lowest BCUT2D eigenvalue weighted by Gasteiger charge is -2.22. The van der Waals surface area contributed by atoms with Crippen molar-refractivity contribution >= 4 is 9.76 Å². The van der Waals surface area contributed by atoms with Crippen LogP contribution in [-0.2, 0) is 4.43 Å². The molecule has 2 heteroatoms. The molecule has 0 N–H and O–H groups in total. The van der Waals surface area contributed by atoms with Crippen LogP contribution in [0.3, 0.4) is 0 Å². The molecule has 0 atom stereocenters. The summed E-state index contributed by atoms with van der Waals surface area (Å²) in [6, 6.07) is 0. The zero-order chi connectivity index (χ0) is 11.4. The smallest absolute Gasteiger partial charge is 0.188 e. The van der Waals surface area contributed by atoms with E-state index in [0.29, 0.717) is 11.8 Å². The average molecular weight is 214 g/mol. The van der Waals surface area contributed by atoms with Crippen LogP contribution in [0, 0.1) is 11.8 Å². The second-order valence-electron chi connectivity index (χ2n) is 5.54. The van der Waals surface area contributed by atoms with Crippen molar-refractivity contribution in [2.45, 2.75) is 54.1 Å². The van der Waals surface area contributed by atoms with Crippen molar-refractivity contribution in [2.75, 3.05) is 0 Å². The van der Waals surface area contributed by atoms with Gasteiger partial charge in [-0.05, 0) is 32.6 Å². The molecule has 1 nitrogen and oxygen atoms in total. The summed E-state index contributed by atoms with van der Waals surface area (Å²) in [6.45, 7) is 15.4. The van der Waals surface area contributed by atoms with Gasteiger partial charge in [-0.25, -0.2) is 0 Å². The van der Waals surface area contributed by atoms with E-state index in [1.807, 2.05) is 0 Å². The maximum atomic E-state index is 5.92. The van der Waals surface area contributed by atoms with Gasteiger partial charge in [-0.15, -0.1) is 0 Å². The lowest BCUT2D eigenvalue weighted by molar-refractivity contribution is 0.139. The molecular weight excluding hydrogens is 188 g/mol. The SMILES string of the molecule is CC(C)C=C([SiH2]OC(C)(C)C)C(C)C. The van der Waals surface area contributed by atoms with Crippen LogP contribution in [0.1, 0.15) is 48.5 Å². The maximum absolute atomic E-state index is 5.92. The van der Waals surface area contributed by atoms with Gasteiger partial charge in [0.2, 0.25) is 0 Å². The molecule has 0 fully saturated rings. The Bertz CT molecular complexity index is 187. The molecule has 0 aromatic heterocycles. The quantitative estimate of drug-likeness (QED) is 0.654. The first kappa shape index (κ1) is 13.9. The number of allylic oxidation sites excluding steroid dienone is 2. The van der Waals surface area contributed by atoms with Gasteiger partial charge in [0.05, 0.1) is 0 Å². The molecule has 0 aliphatic carbocycles.